The molecule has 2 aromatic rings. The minimum Gasteiger partial charge on any atom is -0.383 e. The van der Waals surface area contributed by atoms with Gasteiger partial charge in [-0.1, -0.05) is 29.3 Å². The maximum atomic E-state index is 5.94. The molecule has 0 unspecified atom stereocenters. The molecule has 0 bridgehead atoms. The predicted molar refractivity (Wildman–Crippen MR) is 71.6 cm³/mol. The summed E-state index contributed by atoms with van der Waals surface area (Å²) in [7, 11) is 0. The van der Waals surface area contributed by atoms with E-state index in [0.29, 0.717) is 0 Å². The summed E-state index contributed by atoms with van der Waals surface area (Å²) in [5.74, 6) is 0. The smallest absolute Gasteiger partial charge is 0.0814 e. The third-order valence-electron chi connectivity index (χ3n) is 2.75. The second-order valence-electron chi connectivity index (χ2n) is 4.09. The van der Waals surface area contributed by atoms with Gasteiger partial charge in [0.05, 0.1) is 23.5 Å². The van der Waals surface area contributed by atoms with Crippen molar-refractivity contribution in [2.45, 2.75) is 20.4 Å². The van der Waals surface area contributed by atoms with Crippen LogP contribution in [0.1, 0.15) is 11.3 Å². The first kappa shape index (κ1) is 12.0. The van der Waals surface area contributed by atoms with Crippen LogP contribution in [-0.4, -0.2) is 16.3 Å². The largest absolute Gasteiger partial charge is 0.383 e. The van der Waals surface area contributed by atoms with Crippen molar-refractivity contribution in [2.75, 3.05) is 11.9 Å². The minimum atomic E-state index is 0.723. The highest BCUT2D eigenvalue weighted by Crippen LogP contribution is 2.13. The van der Waals surface area contributed by atoms with E-state index in [1.807, 2.05) is 11.6 Å². The maximum Gasteiger partial charge on any atom is 0.0814 e. The number of benzene rings is 1. The summed E-state index contributed by atoms with van der Waals surface area (Å²) in [6.07, 6.45) is 1.68. The molecule has 0 aliphatic rings. The molecule has 0 fully saturated rings. The van der Waals surface area contributed by atoms with Crippen LogP contribution in [0.4, 0.5) is 5.69 Å². The zero-order valence-electron chi connectivity index (χ0n) is 10.1. The molecule has 0 saturated heterocycles. The Labute approximate surface area is 106 Å². The molecule has 1 aromatic carbocycles. The van der Waals surface area contributed by atoms with Crippen molar-refractivity contribution in [1.29, 1.82) is 0 Å². The van der Waals surface area contributed by atoms with E-state index in [4.69, 9.17) is 11.6 Å². The topological polar surface area (TPSA) is 29.9 Å². The zero-order chi connectivity index (χ0) is 12.3. The molecule has 0 radical (unpaired) electrons. The molecule has 3 nitrogen and oxygen atoms in total. The Morgan fingerprint density at radius 2 is 1.94 bits per heavy atom. The molecule has 1 heterocycles. The number of nitrogens with one attached hydrogen (secondary N) is 1. The highest BCUT2D eigenvalue weighted by atomic mass is 35.5. The van der Waals surface area contributed by atoms with Crippen LogP contribution in [0.3, 0.4) is 0 Å². The lowest BCUT2D eigenvalue weighted by molar-refractivity contribution is 0.620. The van der Waals surface area contributed by atoms with Gasteiger partial charge in [-0.25, -0.2) is 0 Å². The van der Waals surface area contributed by atoms with Crippen molar-refractivity contribution >= 4 is 17.3 Å². The fourth-order valence-electron chi connectivity index (χ4n) is 1.63. The van der Waals surface area contributed by atoms with E-state index in [-0.39, 0.29) is 0 Å². The van der Waals surface area contributed by atoms with Crippen LogP contribution in [0, 0.1) is 13.8 Å². The van der Waals surface area contributed by atoms with Crippen molar-refractivity contribution in [3.8, 4) is 0 Å². The molecule has 0 aliphatic carbocycles. The van der Waals surface area contributed by atoms with Gasteiger partial charge in [0, 0.05) is 12.2 Å². The third-order valence-corrected chi connectivity index (χ3v) is 3.12. The summed E-state index contributed by atoms with van der Waals surface area (Å²) < 4.78 is 1.91. The molecule has 0 saturated carbocycles. The average molecular weight is 250 g/mol. The average Bonchev–Trinajstić information content (AvgIpc) is 2.64. The Balaban J connectivity index is 1.87. The van der Waals surface area contributed by atoms with Crippen LogP contribution >= 0.6 is 11.6 Å². The van der Waals surface area contributed by atoms with Gasteiger partial charge in [-0.05, 0) is 26.0 Å². The molecular weight excluding hydrogens is 234 g/mol. The Hall–Kier alpha value is -1.48. The van der Waals surface area contributed by atoms with Gasteiger partial charge in [0.1, 0.15) is 0 Å². The molecule has 1 aromatic heterocycles. The van der Waals surface area contributed by atoms with E-state index in [9.17, 15) is 0 Å². The van der Waals surface area contributed by atoms with Gasteiger partial charge in [0.15, 0.2) is 0 Å². The SMILES string of the molecule is Cc1ccc(NCCn2ncc(Cl)c2C)cc1. The predicted octanol–water partition coefficient (Wildman–Crippen LogP) is 3.27. The molecule has 0 atom stereocenters. The van der Waals surface area contributed by atoms with E-state index in [1.54, 1.807) is 6.20 Å². The van der Waals surface area contributed by atoms with E-state index in [1.165, 1.54) is 5.56 Å². The Morgan fingerprint density at radius 1 is 1.24 bits per heavy atom. The Morgan fingerprint density at radius 3 is 2.53 bits per heavy atom. The van der Waals surface area contributed by atoms with E-state index in [0.717, 1.165) is 29.5 Å². The number of hydrogen-bond acceptors (Lipinski definition) is 2. The molecule has 4 heteroatoms. The molecule has 0 spiro atoms. The molecule has 90 valence electrons. The summed E-state index contributed by atoms with van der Waals surface area (Å²) in [4.78, 5) is 0. The number of nitrogens with zero attached hydrogens (tertiary/aromatic N) is 2. The van der Waals surface area contributed by atoms with E-state index in [2.05, 4.69) is 41.6 Å². The van der Waals surface area contributed by atoms with Gasteiger partial charge in [-0.15, -0.1) is 0 Å². The zero-order valence-corrected chi connectivity index (χ0v) is 10.8. The van der Waals surface area contributed by atoms with Crippen molar-refractivity contribution in [2.24, 2.45) is 0 Å². The summed E-state index contributed by atoms with van der Waals surface area (Å²) in [6, 6.07) is 8.35. The highest BCUT2D eigenvalue weighted by molar-refractivity contribution is 6.31. The fourth-order valence-corrected chi connectivity index (χ4v) is 1.77. The summed E-state index contributed by atoms with van der Waals surface area (Å²) >= 11 is 5.94. The highest BCUT2D eigenvalue weighted by Gasteiger charge is 2.02. The van der Waals surface area contributed by atoms with Gasteiger partial charge >= 0.3 is 0 Å². The van der Waals surface area contributed by atoms with Gasteiger partial charge in [0.2, 0.25) is 0 Å². The number of hydrogen-bond donors (Lipinski definition) is 1. The Bertz CT molecular complexity index is 488. The van der Waals surface area contributed by atoms with Crippen molar-refractivity contribution < 1.29 is 0 Å². The van der Waals surface area contributed by atoms with Crippen LogP contribution in [0.25, 0.3) is 0 Å². The first-order valence-electron chi connectivity index (χ1n) is 5.65. The second-order valence-corrected chi connectivity index (χ2v) is 4.50. The van der Waals surface area contributed by atoms with Crippen LogP contribution in [0.2, 0.25) is 5.02 Å². The quantitative estimate of drug-likeness (QED) is 0.901. The lowest BCUT2D eigenvalue weighted by Crippen LogP contribution is -2.12. The first-order valence-corrected chi connectivity index (χ1v) is 6.03. The summed E-state index contributed by atoms with van der Waals surface area (Å²) in [6.45, 7) is 5.70. The maximum absolute atomic E-state index is 5.94. The summed E-state index contributed by atoms with van der Waals surface area (Å²) in [5, 5.41) is 8.28. The monoisotopic (exact) mass is 249 g/mol. The first-order chi connectivity index (χ1) is 8.16. The number of aromatic nitrogens is 2. The van der Waals surface area contributed by atoms with Crippen LogP contribution in [-0.2, 0) is 6.54 Å². The van der Waals surface area contributed by atoms with Crippen LogP contribution in [0.15, 0.2) is 30.5 Å². The number of aryl methyl sites for hydroxylation is 1. The van der Waals surface area contributed by atoms with Crippen LogP contribution < -0.4 is 5.32 Å². The number of anilines is 1. The van der Waals surface area contributed by atoms with Gasteiger partial charge < -0.3 is 5.32 Å². The van der Waals surface area contributed by atoms with Crippen molar-refractivity contribution in [1.82, 2.24) is 9.78 Å². The fraction of sp³-hybridized carbons (Fsp3) is 0.308. The minimum absolute atomic E-state index is 0.723. The Kier molecular flexibility index (Phi) is 3.69. The van der Waals surface area contributed by atoms with Crippen molar-refractivity contribution in [3.63, 3.8) is 0 Å². The third kappa shape index (κ3) is 3.01. The number of rotatable bonds is 4. The normalized spacial score (nSPS) is 10.5. The number of halogens is 1. The van der Waals surface area contributed by atoms with Crippen LogP contribution in [0.5, 0.6) is 0 Å². The molecule has 1 N–H and O–H groups in total. The molecule has 17 heavy (non-hydrogen) atoms. The van der Waals surface area contributed by atoms with E-state index < -0.39 is 0 Å². The lowest BCUT2D eigenvalue weighted by Gasteiger charge is -2.08. The molecule has 0 aliphatic heterocycles. The van der Waals surface area contributed by atoms with Gasteiger partial charge in [0.25, 0.3) is 0 Å². The summed E-state index contributed by atoms with van der Waals surface area (Å²) in [5.41, 5.74) is 3.41. The van der Waals surface area contributed by atoms with Crippen molar-refractivity contribution in [3.05, 3.63) is 46.7 Å². The van der Waals surface area contributed by atoms with E-state index >= 15 is 0 Å². The van der Waals surface area contributed by atoms with Gasteiger partial charge in [-0.3, -0.25) is 4.68 Å². The molecule has 2 rings (SSSR count). The molecule has 0 amide bonds. The van der Waals surface area contributed by atoms with Gasteiger partial charge in [-0.2, -0.15) is 5.10 Å². The lowest BCUT2D eigenvalue weighted by atomic mass is 10.2. The standard InChI is InChI=1S/C13H16ClN3/c1-10-3-5-12(6-4-10)15-7-8-17-11(2)13(14)9-16-17/h3-6,9,15H,7-8H2,1-2H3. The molecular formula is C13H16ClN3. The second kappa shape index (κ2) is 5.23.